The minimum atomic E-state index is -0.948. The molecule has 1 aromatic heterocycles. The van der Waals surface area contributed by atoms with E-state index in [0.29, 0.717) is 29.6 Å². The summed E-state index contributed by atoms with van der Waals surface area (Å²) in [6.07, 6.45) is -0.948. The van der Waals surface area contributed by atoms with Crippen LogP contribution in [0.4, 0.5) is 9.80 Å². The van der Waals surface area contributed by atoms with Gasteiger partial charge in [0.05, 0.1) is 13.7 Å². The molecule has 2 heterocycles. The fraction of sp³-hybridized carbons (Fsp3) is 0.583. The summed E-state index contributed by atoms with van der Waals surface area (Å²) in [5.74, 6) is -0.561. The average Bonchev–Trinajstić information content (AvgIpc) is 2.90. The number of aliphatic hydroxyl groups is 1. The Bertz CT molecular complexity index is 547. The van der Waals surface area contributed by atoms with Crippen LogP contribution in [0, 0.1) is 0 Å². The van der Waals surface area contributed by atoms with E-state index in [4.69, 9.17) is 9.84 Å². The van der Waals surface area contributed by atoms with Gasteiger partial charge in [-0.05, 0) is 6.92 Å². The molecule has 1 amide bonds. The van der Waals surface area contributed by atoms with Gasteiger partial charge in [0.1, 0.15) is 10.0 Å². The molecule has 1 saturated heterocycles. The molecule has 1 aliphatic rings. The van der Waals surface area contributed by atoms with Crippen molar-refractivity contribution in [3.05, 3.63) is 10.7 Å². The van der Waals surface area contributed by atoms with Crippen LogP contribution in [0.1, 0.15) is 22.4 Å². The van der Waals surface area contributed by atoms with E-state index in [1.54, 1.807) is 0 Å². The Morgan fingerprint density at radius 3 is 2.71 bits per heavy atom. The van der Waals surface area contributed by atoms with Crippen molar-refractivity contribution in [1.82, 2.24) is 9.88 Å². The number of carbonyl (C=O) groups is 2. The van der Waals surface area contributed by atoms with Crippen molar-refractivity contribution in [3.8, 4) is 0 Å². The molecule has 0 radical (unpaired) electrons. The van der Waals surface area contributed by atoms with E-state index < -0.39 is 12.1 Å². The van der Waals surface area contributed by atoms with Crippen LogP contribution < -0.4 is 4.90 Å². The number of aromatic nitrogens is 1. The van der Waals surface area contributed by atoms with Gasteiger partial charge in [-0.2, -0.15) is 0 Å². The highest BCUT2D eigenvalue weighted by molar-refractivity contribution is 7.16. The lowest BCUT2D eigenvalue weighted by molar-refractivity contribution is 0.0594. The van der Waals surface area contributed by atoms with E-state index in [1.165, 1.54) is 23.3 Å². The zero-order valence-corrected chi connectivity index (χ0v) is 12.6. The Labute approximate surface area is 125 Å². The van der Waals surface area contributed by atoms with Gasteiger partial charge in [0.25, 0.3) is 0 Å². The van der Waals surface area contributed by atoms with Crippen molar-refractivity contribution < 1.29 is 24.5 Å². The molecule has 2 rings (SSSR count). The lowest BCUT2D eigenvalue weighted by Gasteiger charge is -2.38. The van der Waals surface area contributed by atoms with Gasteiger partial charge in [-0.15, -0.1) is 0 Å². The monoisotopic (exact) mass is 315 g/mol. The van der Waals surface area contributed by atoms with E-state index >= 15 is 0 Å². The number of esters is 1. The number of aliphatic hydroxyl groups excluding tert-OH is 1. The van der Waals surface area contributed by atoms with Crippen molar-refractivity contribution >= 4 is 28.4 Å². The number of carbonyl (C=O) groups excluding carboxylic acids is 1. The molecule has 1 unspecified atom stereocenters. The topological polar surface area (TPSA) is 103 Å². The second kappa shape index (κ2) is 6.27. The van der Waals surface area contributed by atoms with Gasteiger partial charge in [-0.1, -0.05) is 11.3 Å². The Morgan fingerprint density at radius 2 is 2.19 bits per heavy atom. The average molecular weight is 315 g/mol. The van der Waals surface area contributed by atoms with E-state index in [0.717, 1.165) is 0 Å². The summed E-state index contributed by atoms with van der Waals surface area (Å²) in [7, 11) is 1.27. The maximum Gasteiger partial charge on any atom is 0.407 e. The SMILES string of the molecule is COC(=O)c1nc(CO)sc1N1CCN(C(=O)O)C(C)C1. The normalized spacial score (nSPS) is 18.7. The maximum atomic E-state index is 11.8. The quantitative estimate of drug-likeness (QED) is 0.788. The summed E-state index contributed by atoms with van der Waals surface area (Å²) < 4.78 is 4.70. The molecule has 0 aromatic carbocycles. The van der Waals surface area contributed by atoms with Crippen molar-refractivity contribution in [2.24, 2.45) is 0 Å². The van der Waals surface area contributed by atoms with Crippen LogP contribution in [0.3, 0.4) is 0 Å². The van der Waals surface area contributed by atoms with E-state index in [2.05, 4.69) is 4.98 Å². The largest absolute Gasteiger partial charge is 0.465 e. The molecule has 116 valence electrons. The molecule has 0 saturated carbocycles. The Balaban J connectivity index is 2.24. The molecule has 1 aromatic rings. The van der Waals surface area contributed by atoms with Crippen LogP contribution in [-0.2, 0) is 11.3 Å². The number of hydrogen-bond donors (Lipinski definition) is 2. The van der Waals surface area contributed by atoms with Gasteiger partial charge in [-0.3, -0.25) is 0 Å². The highest BCUT2D eigenvalue weighted by Crippen LogP contribution is 2.31. The van der Waals surface area contributed by atoms with Crippen LogP contribution >= 0.6 is 11.3 Å². The van der Waals surface area contributed by atoms with Crippen molar-refractivity contribution in [2.45, 2.75) is 19.6 Å². The number of piperazine rings is 1. The third-order valence-electron chi connectivity index (χ3n) is 3.33. The molecule has 9 heteroatoms. The summed E-state index contributed by atoms with van der Waals surface area (Å²) in [5.41, 5.74) is 0.169. The summed E-state index contributed by atoms with van der Waals surface area (Å²) >= 11 is 1.22. The number of thiazole rings is 1. The van der Waals surface area contributed by atoms with Gasteiger partial charge in [-0.25, -0.2) is 14.6 Å². The molecule has 8 nitrogen and oxygen atoms in total. The molecule has 0 spiro atoms. The van der Waals surface area contributed by atoms with Crippen molar-refractivity contribution in [2.75, 3.05) is 31.6 Å². The van der Waals surface area contributed by atoms with Gasteiger partial charge < -0.3 is 24.7 Å². The van der Waals surface area contributed by atoms with Gasteiger partial charge in [0, 0.05) is 25.7 Å². The van der Waals surface area contributed by atoms with Crippen molar-refractivity contribution in [1.29, 1.82) is 0 Å². The lowest BCUT2D eigenvalue weighted by atomic mass is 10.2. The summed E-state index contributed by atoms with van der Waals surface area (Å²) in [6.45, 7) is 2.84. The number of anilines is 1. The summed E-state index contributed by atoms with van der Waals surface area (Å²) in [6, 6.07) is -0.193. The standard InChI is InChI=1S/C12H17N3O5S/c1-7-5-14(3-4-15(7)12(18)19)10-9(11(17)20-2)13-8(6-16)21-10/h7,16H,3-6H2,1-2H3,(H,18,19). The molecule has 1 fully saturated rings. The Morgan fingerprint density at radius 1 is 1.48 bits per heavy atom. The molecule has 2 N–H and O–H groups in total. The first kappa shape index (κ1) is 15.5. The molecular weight excluding hydrogens is 298 g/mol. The highest BCUT2D eigenvalue weighted by atomic mass is 32.1. The molecule has 0 aliphatic carbocycles. The van der Waals surface area contributed by atoms with Gasteiger partial charge in [0.15, 0.2) is 5.69 Å². The number of ether oxygens (including phenoxy) is 1. The molecular formula is C12H17N3O5S. The number of hydrogen-bond acceptors (Lipinski definition) is 7. The second-order valence-corrected chi connectivity index (χ2v) is 5.74. The van der Waals surface area contributed by atoms with E-state index in [9.17, 15) is 14.7 Å². The zero-order chi connectivity index (χ0) is 15.6. The summed E-state index contributed by atoms with van der Waals surface area (Å²) in [5, 5.41) is 19.3. The predicted octanol–water partition coefficient (Wildman–Crippen LogP) is 0.611. The van der Waals surface area contributed by atoms with Gasteiger partial charge in [0.2, 0.25) is 0 Å². The number of carboxylic acid groups (broad SMARTS) is 1. The fourth-order valence-corrected chi connectivity index (χ4v) is 3.24. The molecule has 1 atom stereocenters. The number of amides is 1. The van der Waals surface area contributed by atoms with Crippen LogP contribution in [-0.4, -0.2) is 64.9 Å². The minimum Gasteiger partial charge on any atom is -0.465 e. The van der Waals surface area contributed by atoms with Crippen molar-refractivity contribution in [3.63, 3.8) is 0 Å². The molecule has 21 heavy (non-hydrogen) atoms. The lowest BCUT2D eigenvalue weighted by Crippen LogP contribution is -2.53. The van der Waals surface area contributed by atoms with E-state index in [1.807, 2.05) is 11.8 Å². The minimum absolute atomic E-state index is 0.169. The van der Waals surface area contributed by atoms with E-state index in [-0.39, 0.29) is 18.3 Å². The first-order valence-corrected chi connectivity index (χ1v) is 7.23. The molecule has 0 bridgehead atoms. The molecule has 1 aliphatic heterocycles. The predicted molar refractivity (Wildman–Crippen MR) is 75.8 cm³/mol. The second-order valence-electron chi connectivity index (χ2n) is 4.68. The zero-order valence-electron chi connectivity index (χ0n) is 11.8. The van der Waals surface area contributed by atoms with Crippen LogP contribution in [0.2, 0.25) is 0 Å². The van der Waals surface area contributed by atoms with Gasteiger partial charge >= 0.3 is 12.1 Å². The maximum absolute atomic E-state index is 11.8. The number of nitrogens with zero attached hydrogens (tertiary/aromatic N) is 3. The van der Waals surface area contributed by atoms with Crippen LogP contribution in [0.25, 0.3) is 0 Å². The smallest absolute Gasteiger partial charge is 0.407 e. The highest BCUT2D eigenvalue weighted by Gasteiger charge is 2.31. The number of methoxy groups -OCH3 is 1. The third kappa shape index (κ3) is 3.08. The van der Waals surface area contributed by atoms with Crippen LogP contribution in [0.5, 0.6) is 0 Å². The first-order chi connectivity index (χ1) is 9.97. The third-order valence-corrected chi connectivity index (χ3v) is 4.43. The Hall–Kier alpha value is -1.87. The number of rotatable bonds is 3. The Kier molecular flexibility index (Phi) is 4.63. The summed E-state index contributed by atoms with van der Waals surface area (Å²) in [4.78, 5) is 30.2. The van der Waals surface area contributed by atoms with Crippen LogP contribution in [0.15, 0.2) is 0 Å². The fourth-order valence-electron chi connectivity index (χ4n) is 2.29. The first-order valence-electron chi connectivity index (χ1n) is 6.41.